The Morgan fingerprint density at radius 3 is 2.67 bits per heavy atom. The fraction of sp³-hybridized carbons (Fsp3) is 0.211. The predicted octanol–water partition coefficient (Wildman–Crippen LogP) is 2.73. The maximum atomic E-state index is 13.1. The molecule has 0 unspecified atom stereocenters. The Balaban J connectivity index is 1.54. The van der Waals surface area contributed by atoms with Crippen LogP contribution in [-0.4, -0.2) is 30.7 Å². The van der Waals surface area contributed by atoms with Crippen molar-refractivity contribution in [1.29, 1.82) is 0 Å². The standard InChI is InChI=1S/C19H18FN3O4/c1-12(22-23-19(25)13-3-2-4-14(20)10-13)9-18(24)21-15-5-6-16-17(11-15)27-8-7-26-16/h2-6,10-11H,7-9H2,1H3,(H,21,24)(H,23,25)/b22-12+. The van der Waals surface area contributed by atoms with E-state index in [-0.39, 0.29) is 17.9 Å². The Kier molecular flexibility index (Phi) is 5.65. The van der Waals surface area contributed by atoms with Gasteiger partial charge in [-0.25, -0.2) is 9.82 Å². The first kappa shape index (κ1) is 18.4. The Hall–Kier alpha value is -3.42. The molecule has 2 amide bonds. The van der Waals surface area contributed by atoms with E-state index < -0.39 is 11.7 Å². The lowest BCUT2D eigenvalue weighted by Crippen LogP contribution is -2.21. The topological polar surface area (TPSA) is 89.0 Å². The molecule has 0 spiro atoms. The summed E-state index contributed by atoms with van der Waals surface area (Å²) in [7, 11) is 0. The third kappa shape index (κ3) is 5.04. The number of carbonyl (C=O) groups excluding carboxylic acids is 2. The van der Waals surface area contributed by atoms with E-state index in [0.29, 0.717) is 36.1 Å². The largest absolute Gasteiger partial charge is 0.486 e. The molecule has 1 aliphatic rings. The second-order valence-corrected chi connectivity index (χ2v) is 5.88. The highest BCUT2D eigenvalue weighted by molar-refractivity contribution is 6.06. The van der Waals surface area contributed by atoms with Crippen LogP contribution in [0.2, 0.25) is 0 Å². The van der Waals surface area contributed by atoms with Crippen molar-refractivity contribution in [2.75, 3.05) is 18.5 Å². The van der Waals surface area contributed by atoms with Crippen molar-refractivity contribution in [1.82, 2.24) is 5.43 Å². The third-order valence-corrected chi connectivity index (χ3v) is 3.68. The Morgan fingerprint density at radius 1 is 1.11 bits per heavy atom. The Morgan fingerprint density at radius 2 is 1.89 bits per heavy atom. The molecule has 140 valence electrons. The number of amides is 2. The molecule has 0 saturated heterocycles. The zero-order chi connectivity index (χ0) is 19.2. The van der Waals surface area contributed by atoms with Crippen molar-refractivity contribution in [3.63, 3.8) is 0 Å². The molecule has 0 saturated carbocycles. The van der Waals surface area contributed by atoms with Crippen molar-refractivity contribution in [3.8, 4) is 11.5 Å². The van der Waals surface area contributed by atoms with Crippen molar-refractivity contribution >= 4 is 23.2 Å². The zero-order valence-electron chi connectivity index (χ0n) is 14.6. The number of hydrazone groups is 1. The number of rotatable bonds is 5. The molecule has 3 rings (SSSR count). The lowest BCUT2D eigenvalue weighted by atomic mass is 10.2. The first-order valence-electron chi connectivity index (χ1n) is 8.30. The number of nitrogens with one attached hydrogen (secondary N) is 2. The van der Waals surface area contributed by atoms with Gasteiger partial charge >= 0.3 is 0 Å². The number of halogens is 1. The molecule has 0 aromatic heterocycles. The van der Waals surface area contributed by atoms with Crippen molar-refractivity contribution in [3.05, 3.63) is 53.8 Å². The molecule has 7 nitrogen and oxygen atoms in total. The van der Waals surface area contributed by atoms with Crippen LogP contribution in [0.25, 0.3) is 0 Å². The average molecular weight is 371 g/mol. The van der Waals surface area contributed by atoms with E-state index in [4.69, 9.17) is 9.47 Å². The summed E-state index contributed by atoms with van der Waals surface area (Å²) < 4.78 is 24.0. The number of nitrogens with zero attached hydrogens (tertiary/aromatic N) is 1. The van der Waals surface area contributed by atoms with E-state index in [2.05, 4.69) is 15.8 Å². The first-order chi connectivity index (χ1) is 13.0. The molecule has 0 radical (unpaired) electrons. The van der Waals surface area contributed by atoms with E-state index in [0.717, 1.165) is 6.07 Å². The highest BCUT2D eigenvalue weighted by Gasteiger charge is 2.13. The highest BCUT2D eigenvalue weighted by Crippen LogP contribution is 2.32. The maximum Gasteiger partial charge on any atom is 0.271 e. The quantitative estimate of drug-likeness (QED) is 0.625. The van der Waals surface area contributed by atoms with Crippen LogP contribution in [0.4, 0.5) is 10.1 Å². The van der Waals surface area contributed by atoms with E-state index >= 15 is 0 Å². The molecular weight excluding hydrogens is 353 g/mol. The monoisotopic (exact) mass is 371 g/mol. The first-order valence-corrected chi connectivity index (χ1v) is 8.30. The van der Waals surface area contributed by atoms with Gasteiger partial charge in [-0.1, -0.05) is 6.07 Å². The number of hydrogen-bond acceptors (Lipinski definition) is 5. The molecule has 2 N–H and O–H groups in total. The number of ether oxygens (including phenoxy) is 2. The SMILES string of the molecule is C/C(CC(=O)Nc1ccc2c(c1)OCCO2)=N\NC(=O)c1cccc(F)c1. The fourth-order valence-corrected chi connectivity index (χ4v) is 2.44. The van der Waals surface area contributed by atoms with Gasteiger partial charge in [0.2, 0.25) is 5.91 Å². The molecule has 27 heavy (non-hydrogen) atoms. The molecule has 1 aliphatic heterocycles. The van der Waals surface area contributed by atoms with Gasteiger partial charge in [0.15, 0.2) is 11.5 Å². The molecule has 2 aromatic carbocycles. The van der Waals surface area contributed by atoms with E-state index in [1.54, 1.807) is 25.1 Å². The van der Waals surface area contributed by atoms with Crippen molar-refractivity contribution in [2.45, 2.75) is 13.3 Å². The Bertz CT molecular complexity index is 898. The normalized spacial score (nSPS) is 13.0. The highest BCUT2D eigenvalue weighted by atomic mass is 19.1. The summed E-state index contributed by atoms with van der Waals surface area (Å²) in [6.45, 7) is 2.56. The van der Waals surface area contributed by atoms with Gasteiger partial charge in [-0.2, -0.15) is 5.10 Å². The molecule has 0 atom stereocenters. The fourth-order valence-electron chi connectivity index (χ4n) is 2.44. The summed E-state index contributed by atoms with van der Waals surface area (Å²) in [6.07, 6.45) is -0.0160. The Labute approximate surface area is 155 Å². The number of anilines is 1. The minimum absolute atomic E-state index is 0.0160. The molecule has 0 aliphatic carbocycles. The van der Waals surface area contributed by atoms with Gasteiger partial charge in [-0.3, -0.25) is 9.59 Å². The second kappa shape index (κ2) is 8.31. The smallest absolute Gasteiger partial charge is 0.271 e. The lowest BCUT2D eigenvalue weighted by molar-refractivity contribution is -0.115. The number of carbonyl (C=O) groups is 2. The van der Waals surface area contributed by atoms with Gasteiger partial charge in [0.1, 0.15) is 19.0 Å². The number of benzene rings is 2. The van der Waals surface area contributed by atoms with Gasteiger partial charge in [0.25, 0.3) is 5.91 Å². The third-order valence-electron chi connectivity index (χ3n) is 3.68. The number of hydrogen-bond donors (Lipinski definition) is 2. The minimum Gasteiger partial charge on any atom is -0.486 e. The molecule has 2 aromatic rings. The second-order valence-electron chi connectivity index (χ2n) is 5.88. The van der Waals surface area contributed by atoms with Crippen LogP contribution >= 0.6 is 0 Å². The van der Waals surface area contributed by atoms with Crippen LogP contribution < -0.4 is 20.2 Å². The van der Waals surface area contributed by atoms with Gasteiger partial charge in [-0.05, 0) is 37.3 Å². The number of fused-ring (bicyclic) bond motifs is 1. The predicted molar refractivity (Wildman–Crippen MR) is 97.7 cm³/mol. The molecule has 8 heteroatoms. The van der Waals surface area contributed by atoms with Gasteiger partial charge in [0, 0.05) is 23.0 Å². The van der Waals surface area contributed by atoms with Crippen LogP contribution in [0.3, 0.4) is 0 Å². The summed E-state index contributed by atoms with van der Waals surface area (Å²) in [5.74, 6) is -0.153. The van der Waals surface area contributed by atoms with Gasteiger partial charge in [-0.15, -0.1) is 0 Å². The summed E-state index contributed by atoms with van der Waals surface area (Å²) in [4.78, 5) is 24.0. The van der Waals surface area contributed by atoms with Crippen LogP contribution in [0.1, 0.15) is 23.7 Å². The average Bonchev–Trinajstić information content (AvgIpc) is 2.66. The van der Waals surface area contributed by atoms with Gasteiger partial charge < -0.3 is 14.8 Å². The van der Waals surface area contributed by atoms with Crippen LogP contribution in [0, 0.1) is 5.82 Å². The van der Waals surface area contributed by atoms with Crippen molar-refractivity contribution in [2.24, 2.45) is 5.10 Å². The van der Waals surface area contributed by atoms with E-state index in [1.807, 2.05) is 0 Å². The van der Waals surface area contributed by atoms with E-state index in [1.165, 1.54) is 18.2 Å². The summed E-state index contributed by atoms with van der Waals surface area (Å²) in [6, 6.07) is 10.4. The molecule has 0 bridgehead atoms. The summed E-state index contributed by atoms with van der Waals surface area (Å²) >= 11 is 0. The van der Waals surface area contributed by atoms with E-state index in [9.17, 15) is 14.0 Å². The minimum atomic E-state index is -0.555. The molecular formula is C19H18FN3O4. The summed E-state index contributed by atoms with van der Waals surface area (Å²) in [5.41, 5.74) is 3.42. The molecule has 0 fully saturated rings. The van der Waals surface area contributed by atoms with Crippen LogP contribution in [-0.2, 0) is 4.79 Å². The van der Waals surface area contributed by atoms with Crippen LogP contribution in [0.5, 0.6) is 11.5 Å². The maximum absolute atomic E-state index is 13.1. The summed E-state index contributed by atoms with van der Waals surface area (Å²) in [5, 5.41) is 6.60. The van der Waals surface area contributed by atoms with Gasteiger partial charge in [0.05, 0.1) is 6.42 Å². The lowest BCUT2D eigenvalue weighted by Gasteiger charge is -2.19. The van der Waals surface area contributed by atoms with Crippen molar-refractivity contribution < 1.29 is 23.5 Å². The zero-order valence-corrected chi connectivity index (χ0v) is 14.6. The van der Waals surface area contributed by atoms with Crippen LogP contribution in [0.15, 0.2) is 47.6 Å². The molecule has 1 heterocycles.